The highest BCUT2D eigenvalue weighted by atomic mass is 16.2. The minimum atomic E-state index is -0.337. The van der Waals surface area contributed by atoms with Gasteiger partial charge in [0.25, 0.3) is 11.5 Å². The zero-order chi connectivity index (χ0) is 11.6. The fraction of sp³-hybridized carbons (Fsp3) is 0.455. The van der Waals surface area contributed by atoms with Gasteiger partial charge in [0.2, 0.25) is 0 Å². The quantitative estimate of drug-likeness (QED) is 0.765. The molecule has 1 aromatic heterocycles. The van der Waals surface area contributed by atoms with Crippen LogP contribution < -0.4 is 10.9 Å². The predicted molar refractivity (Wildman–Crippen MR) is 59.1 cm³/mol. The van der Waals surface area contributed by atoms with E-state index in [1.807, 2.05) is 20.8 Å². The molecule has 4 heteroatoms. The normalized spacial score (nSPS) is 10.5. The lowest BCUT2D eigenvalue weighted by Crippen LogP contribution is -2.34. The van der Waals surface area contributed by atoms with E-state index in [-0.39, 0.29) is 23.1 Å². The Bertz CT molecular complexity index is 433. The van der Waals surface area contributed by atoms with Crippen LogP contribution in [0.5, 0.6) is 0 Å². The SMILES string of the molecule is Cc1cc(C(=O)NC(C)C)c(=O)[nH]c1C. The summed E-state index contributed by atoms with van der Waals surface area (Å²) >= 11 is 0. The Balaban J connectivity index is 3.10. The number of pyridine rings is 1. The summed E-state index contributed by atoms with van der Waals surface area (Å²) in [4.78, 5) is 25.8. The minimum absolute atomic E-state index is 0.0264. The smallest absolute Gasteiger partial charge is 0.261 e. The summed E-state index contributed by atoms with van der Waals surface area (Å²) in [5.41, 5.74) is 1.53. The number of hydrogen-bond acceptors (Lipinski definition) is 2. The van der Waals surface area contributed by atoms with Gasteiger partial charge in [-0.2, -0.15) is 0 Å². The van der Waals surface area contributed by atoms with Gasteiger partial charge in [-0.3, -0.25) is 9.59 Å². The number of nitrogens with one attached hydrogen (secondary N) is 2. The van der Waals surface area contributed by atoms with E-state index < -0.39 is 0 Å². The average molecular weight is 208 g/mol. The number of rotatable bonds is 2. The van der Waals surface area contributed by atoms with Gasteiger partial charge in [0, 0.05) is 11.7 Å². The molecule has 0 saturated carbocycles. The summed E-state index contributed by atoms with van der Waals surface area (Å²) in [6.45, 7) is 7.37. The molecule has 0 radical (unpaired) electrons. The first kappa shape index (κ1) is 11.5. The third-order valence-corrected chi connectivity index (χ3v) is 2.16. The molecule has 15 heavy (non-hydrogen) atoms. The van der Waals surface area contributed by atoms with Gasteiger partial charge in [-0.15, -0.1) is 0 Å². The van der Waals surface area contributed by atoms with Crippen LogP contribution in [0.2, 0.25) is 0 Å². The van der Waals surface area contributed by atoms with Crippen LogP contribution in [0.1, 0.15) is 35.5 Å². The zero-order valence-electron chi connectivity index (χ0n) is 9.47. The molecule has 0 aliphatic heterocycles. The largest absolute Gasteiger partial charge is 0.350 e. The number of carbonyl (C=O) groups excluding carboxylic acids is 1. The highest BCUT2D eigenvalue weighted by molar-refractivity contribution is 5.94. The second-order valence-corrected chi connectivity index (χ2v) is 3.95. The lowest BCUT2D eigenvalue weighted by molar-refractivity contribution is 0.0941. The summed E-state index contributed by atoms with van der Waals surface area (Å²) in [5, 5.41) is 2.69. The van der Waals surface area contributed by atoms with Crippen LogP contribution >= 0.6 is 0 Å². The van der Waals surface area contributed by atoms with Gasteiger partial charge in [0.15, 0.2) is 0 Å². The van der Waals surface area contributed by atoms with Crippen molar-refractivity contribution in [2.45, 2.75) is 33.7 Å². The molecule has 0 saturated heterocycles. The van der Waals surface area contributed by atoms with E-state index in [2.05, 4.69) is 10.3 Å². The van der Waals surface area contributed by atoms with E-state index in [0.717, 1.165) is 11.3 Å². The number of aromatic nitrogens is 1. The molecule has 0 spiro atoms. The molecule has 4 nitrogen and oxygen atoms in total. The number of aryl methyl sites for hydroxylation is 2. The van der Waals surface area contributed by atoms with Crippen LogP contribution in [0.25, 0.3) is 0 Å². The van der Waals surface area contributed by atoms with Crippen molar-refractivity contribution in [1.82, 2.24) is 10.3 Å². The van der Waals surface area contributed by atoms with E-state index in [1.165, 1.54) is 0 Å². The fourth-order valence-electron chi connectivity index (χ4n) is 1.24. The summed E-state index contributed by atoms with van der Waals surface area (Å²) in [7, 11) is 0. The Morgan fingerprint density at radius 2 is 2.00 bits per heavy atom. The summed E-state index contributed by atoms with van der Waals surface area (Å²) in [6.07, 6.45) is 0. The lowest BCUT2D eigenvalue weighted by Gasteiger charge is -2.08. The van der Waals surface area contributed by atoms with Gasteiger partial charge in [0.1, 0.15) is 5.56 Å². The number of aromatic amines is 1. The molecule has 2 N–H and O–H groups in total. The highest BCUT2D eigenvalue weighted by Crippen LogP contribution is 2.02. The minimum Gasteiger partial charge on any atom is -0.350 e. The van der Waals surface area contributed by atoms with E-state index in [0.29, 0.717) is 0 Å². The molecule has 1 heterocycles. The van der Waals surface area contributed by atoms with Gasteiger partial charge in [0.05, 0.1) is 0 Å². The van der Waals surface area contributed by atoms with E-state index in [9.17, 15) is 9.59 Å². The lowest BCUT2D eigenvalue weighted by atomic mass is 10.1. The molecule has 1 amide bonds. The Kier molecular flexibility index (Phi) is 3.29. The van der Waals surface area contributed by atoms with Gasteiger partial charge in [-0.25, -0.2) is 0 Å². The Hall–Kier alpha value is -1.58. The molecule has 1 rings (SSSR count). The van der Waals surface area contributed by atoms with E-state index in [1.54, 1.807) is 13.0 Å². The Morgan fingerprint density at radius 1 is 1.40 bits per heavy atom. The van der Waals surface area contributed by atoms with E-state index >= 15 is 0 Å². The van der Waals surface area contributed by atoms with Crippen molar-refractivity contribution in [3.05, 3.63) is 33.2 Å². The maximum absolute atomic E-state index is 11.6. The predicted octanol–water partition coefficient (Wildman–Crippen LogP) is 1.13. The molecule has 0 fully saturated rings. The average Bonchev–Trinajstić information content (AvgIpc) is 2.09. The van der Waals surface area contributed by atoms with Gasteiger partial charge in [-0.1, -0.05) is 0 Å². The van der Waals surface area contributed by atoms with Crippen molar-refractivity contribution in [1.29, 1.82) is 0 Å². The van der Waals surface area contributed by atoms with Crippen molar-refractivity contribution in [3.63, 3.8) is 0 Å². The second-order valence-electron chi connectivity index (χ2n) is 3.95. The van der Waals surface area contributed by atoms with Crippen molar-refractivity contribution in [2.24, 2.45) is 0 Å². The first-order valence-electron chi connectivity index (χ1n) is 4.93. The summed E-state index contributed by atoms with van der Waals surface area (Å²) in [5.74, 6) is -0.325. The van der Waals surface area contributed by atoms with Crippen molar-refractivity contribution in [3.8, 4) is 0 Å². The van der Waals surface area contributed by atoms with Gasteiger partial charge in [-0.05, 0) is 39.3 Å². The summed E-state index contributed by atoms with van der Waals surface area (Å²) < 4.78 is 0. The van der Waals surface area contributed by atoms with E-state index in [4.69, 9.17) is 0 Å². The maximum atomic E-state index is 11.6. The zero-order valence-corrected chi connectivity index (χ0v) is 9.47. The summed E-state index contributed by atoms with van der Waals surface area (Å²) in [6, 6.07) is 1.64. The van der Waals surface area contributed by atoms with Crippen LogP contribution in [0.3, 0.4) is 0 Å². The van der Waals surface area contributed by atoms with Crippen molar-refractivity contribution < 1.29 is 4.79 Å². The molecule has 0 atom stereocenters. The molecule has 0 unspecified atom stereocenters. The van der Waals surface area contributed by atoms with Crippen LogP contribution in [0.15, 0.2) is 10.9 Å². The first-order chi connectivity index (χ1) is 6.91. The Labute approximate surface area is 88.7 Å². The molecule has 0 aromatic carbocycles. The van der Waals surface area contributed by atoms with Crippen LogP contribution in [0, 0.1) is 13.8 Å². The van der Waals surface area contributed by atoms with Crippen LogP contribution in [-0.2, 0) is 0 Å². The molecule has 82 valence electrons. The Morgan fingerprint density at radius 3 is 2.53 bits per heavy atom. The molecule has 0 bridgehead atoms. The number of amides is 1. The molecule has 0 aliphatic rings. The monoisotopic (exact) mass is 208 g/mol. The van der Waals surface area contributed by atoms with Crippen LogP contribution in [-0.4, -0.2) is 16.9 Å². The molecule has 1 aromatic rings. The van der Waals surface area contributed by atoms with Gasteiger partial charge < -0.3 is 10.3 Å². The maximum Gasteiger partial charge on any atom is 0.261 e. The topological polar surface area (TPSA) is 62.0 Å². The van der Waals surface area contributed by atoms with Gasteiger partial charge >= 0.3 is 0 Å². The van der Waals surface area contributed by atoms with Crippen molar-refractivity contribution in [2.75, 3.05) is 0 Å². The fourth-order valence-corrected chi connectivity index (χ4v) is 1.24. The van der Waals surface area contributed by atoms with Crippen LogP contribution in [0.4, 0.5) is 0 Å². The third kappa shape index (κ3) is 2.68. The number of H-pyrrole nitrogens is 1. The number of hydrogen-bond donors (Lipinski definition) is 2. The standard InChI is InChI=1S/C11H16N2O2/c1-6(2)12-10(14)9-5-7(3)8(4)13-11(9)15/h5-6H,1-4H3,(H,12,14)(H,13,15). The highest BCUT2D eigenvalue weighted by Gasteiger charge is 2.12. The molecular formula is C11H16N2O2. The second kappa shape index (κ2) is 4.29. The molecular weight excluding hydrogens is 192 g/mol. The number of carbonyl (C=O) groups is 1. The van der Waals surface area contributed by atoms with Crippen molar-refractivity contribution >= 4 is 5.91 Å². The third-order valence-electron chi connectivity index (χ3n) is 2.16. The molecule has 0 aliphatic carbocycles. The first-order valence-corrected chi connectivity index (χ1v) is 4.93.